The van der Waals surface area contributed by atoms with Crippen LogP contribution in [0.3, 0.4) is 0 Å². The number of imide groups is 1. The highest BCUT2D eigenvalue weighted by atomic mass is 32.2. The van der Waals surface area contributed by atoms with Gasteiger partial charge >= 0.3 is 10.6 Å². The number of allylic oxidation sites excluding steroid dienone is 6. The minimum absolute atomic E-state index is 0.0757. The molecule has 394 valence electrons. The second-order valence-electron chi connectivity index (χ2n) is 18.1. The summed E-state index contributed by atoms with van der Waals surface area (Å²) < 4.78 is 101. The smallest absolute Gasteiger partial charge is 0.425 e. The van der Waals surface area contributed by atoms with E-state index in [2.05, 4.69) is 10.6 Å². The Morgan fingerprint density at radius 2 is 1.43 bits per heavy atom. The lowest BCUT2D eigenvalue weighted by atomic mass is 9.67. The number of amides is 4. The molecule has 3 heterocycles. The minimum atomic E-state index is -4.78. The van der Waals surface area contributed by atoms with Crippen LogP contribution in [-0.2, 0) is 61.4 Å². The van der Waals surface area contributed by atoms with Gasteiger partial charge in [-0.15, -0.1) is 12.6 Å². The summed E-state index contributed by atoms with van der Waals surface area (Å²) in [5.41, 5.74) is 2.86. The third-order valence-electron chi connectivity index (χ3n) is 13.6. The zero-order valence-corrected chi connectivity index (χ0v) is 43.8. The summed E-state index contributed by atoms with van der Waals surface area (Å²) in [5, 5.41) is 9.14. The average Bonchev–Trinajstić information content (AvgIpc) is 3.97. The molecule has 1 unspecified atom stereocenters. The van der Waals surface area contributed by atoms with Crippen molar-refractivity contribution in [2.75, 3.05) is 26.2 Å². The number of nitrogens with zero attached hydrogens (tertiary/aromatic N) is 3. The molecule has 1 atom stereocenters. The van der Waals surface area contributed by atoms with Gasteiger partial charge in [-0.25, -0.2) is 8.42 Å². The third kappa shape index (κ3) is 11.8. The molecule has 0 saturated carbocycles. The number of rotatable bonds is 20. The maximum atomic E-state index is 14.8. The lowest BCUT2D eigenvalue weighted by molar-refractivity contribution is -0.430. The Kier molecular flexibility index (Phi) is 17.1. The largest absolute Gasteiger partial charge is 0.744 e. The molecule has 3 aliphatic rings. The standard InChI is InChI=1S/C53H55N5O11S2.O3S/c1-4-54-52(63)53(46(59)17-9-7-8-10-18-47(60)55-29-30-58-48(61)27-28-49(58)62)32-34(19-21-40-36-13-11-15-38-44(70(64,65)66)25-23-42(50(36)38)56(40)5-2)31-35(33-53)20-22-41-37-14-12-16-39-45(71(67,68)69)26-24-43(51(37)39)57(41)6-3;1-4(2)3/h11-16,19-28,31H,4-10,17-18,29-30,32-33H2,1-3H3,(H3-,54,55,60,63,64,65,66,67,68,69);. The quantitative estimate of drug-likeness (QED) is 0.0302. The summed E-state index contributed by atoms with van der Waals surface area (Å²) >= 11 is 0. The highest BCUT2D eigenvalue weighted by molar-refractivity contribution is 7.86. The second kappa shape index (κ2) is 23.1. The first-order chi connectivity index (χ1) is 35.6. The molecule has 0 spiro atoms. The molecule has 5 aromatic rings. The van der Waals surface area contributed by atoms with E-state index in [1.54, 1.807) is 43.3 Å². The molecule has 2 aliphatic heterocycles. The summed E-state index contributed by atoms with van der Waals surface area (Å²) in [5.74, 6) is -1.69. The van der Waals surface area contributed by atoms with Crippen molar-refractivity contribution >= 4 is 110 Å². The Bertz CT molecular complexity index is 3740. The molecule has 0 fully saturated rings. The lowest BCUT2D eigenvalue weighted by Gasteiger charge is -2.35. The average molecular weight is 1080 g/mol. The molecule has 4 aromatic carbocycles. The summed E-state index contributed by atoms with van der Waals surface area (Å²) in [7, 11) is -12.4. The van der Waals surface area contributed by atoms with Gasteiger partial charge in [0.25, 0.3) is 21.9 Å². The number of hydrogen-bond donors (Lipinski definition) is 3. The number of hydrogen-bond acceptors (Lipinski definition) is 13. The topological polar surface area (TPSA) is 283 Å². The molecule has 8 rings (SSSR count). The Labute approximate surface area is 434 Å². The number of carbonyl (C=O) groups excluding carboxylic acids is 5. The molecular weight excluding hydrogens is 1030 g/mol. The highest BCUT2D eigenvalue weighted by Gasteiger charge is 2.47. The fourth-order valence-electron chi connectivity index (χ4n) is 10.3. The zero-order chi connectivity index (χ0) is 54.4. The molecule has 1 aromatic heterocycles. The van der Waals surface area contributed by atoms with Crippen LogP contribution in [0.25, 0.3) is 38.5 Å². The number of ketones is 1. The first-order valence-electron chi connectivity index (χ1n) is 24.3. The van der Waals surface area contributed by atoms with Crippen LogP contribution in [0.4, 0.5) is 5.69 Å². The van der Waals surface area contributed by atoms with Crippen LogP contribution in [-0.4, -0.2) is 114 Å². The molecule has 22 heteroatoms. The van der Waals surface area contributed by atoms with Crippen LogP contribution in [0.2, 0.25) is 0 Å². The zero-order valence-electron chi connectivity index (χ0n) is 41.3. The second-order valence-corrected chi connectivity index (χ2v) is 21.3. The van der Waals surface area contributed by atoms with Crippen LogP contribution in [0, 0.1) is 5.41 Å². The predicted octanol–water partition coefficient (Wildman–Crippen LogP) is 5.06. The monoisotopic (exact) mass is 1080 g/mol. The van der Waals surface area contributed by atoms with Crippen molar-refractivity contribution in [3.8, 4) is 0 Å². The number of nitrogens with one attached hydrogen (secondary N) is 2. The number of carbonyl (C=O) groups is 5. The Balaban J connectivity index is 0.00000198. The molecule has 19 nitrogen and oxygen atoms in total. The highest BCUT2D eigenvalue weighted by Crippen LogP contribution is 2.43. The van der Waals surface area contributed by atoms with E-state index >= 15 is 0 Å². The van der Waals surface area contributed by atoms with E-state index in [9.17, 15) is 49.9 Å². The summed E-state index contributed by atoms with van der Waals surface area (Å²) in [6.07, 6.45) is 14.7. The Morgan fingerprint density at radius 1 is 0.787 bits per heavy atom. The summed E-state index contributed by atoms with van der Waals surface area (Å²) in [6.45, 7) is 7.24. The maximum absolute atomic E-state index is 14.8. The summed E-state index contributed by atoms with van der Waals surface area (Å²) in [6, 6.07) is 16.5. The lowest BCUT2D eigenvalue weighted by Crippen LogP contribution is -2.48. The Hall–Kier alpha value is -7.24. The number of aryl methyl sites for hydroxylation is 1. The number of unbranched alkanes of at least 4 members (excludes halogenated alkanes) is 3. The van der Waals surface area contributed by atoms with Crippen molar-refractivity contribution in [3.05, 3.63) is 119 Å². The maximum Gasteiger partial charge on any atom is 0.425 e. The number of aromatic nitrogens is 1. The first-order valence-corrected chi connectivity index (χ1v) is 28.2. The molecule has 0 saturated heterocycles. The van der Waals surface area contributed by atoms with Crippen LogP contribution in [0.5, 0.6) is 0 Å². The van der Waals surface area contributed by atoms with E-state index in [1.165, 1.54) is 24.3 Å². The van der Waals surface area contributed by atoms with Gasteiger partial charge in [0.2, 0.25) is 23.2 Å². The molecule has 1 aliphatic carbocycles. The molecule has 0 bridgehead atoms. The van der Waals surface area contributed by atoms with E-state index in [0.29, 0.717) is 71.5 Å². The number of benzene rings is 4. The van der Waals surface area contributed by atoms with Gasteiger partial charge in [-0.3, -0.25) is 33.4 Å². The first kappa shape index (κ1) is 55.5. The van der Waals surface area contributed by atoms with Crippen LogP contribution in [0.15, 0.2) is 118 Å². The molecule has 0 radical (unpaired) electrons. The van der Waals surface area contributed by atoms with Crippen LogP contribution < -0.4 is 16.0 Å². The molecule has 75 heavy (non-hydrogen) atoms. The van der Waals surface area contributed by atoms with E-state index in [0.717, 1.165) is 38.1 Å². The van der Waals surface area contributed by atoms with Gasteiger partial charge in [0.1, 0.15) is 32.8 Å². The van der Waals surface area contributed by atoms with E-state index in [-0.39, 0.29) is 66.8 Å². The normalized spacial score (nSPS) is 17.5. The fraction of sp³-hybridized carbons (Fsp3) is 0.321. The van der Waals surface area contributed by atoms with Crippen molar-refractivity contribution < 1.29 is 67.1 Å². The summed E-state index contributed by atoms with van der Waals surface area (Å²) in [4.78, 5) is 65.9. The minimum Gasteiger partial charge on any atom is -0.744 e. The van der Waals surface area contributed by atoms with Crippen molar-refractivity contribution in [2.24, 2.45) is 5.41 Å². The van der Waals surface area contributed by atoms with Gasteiger partial charge < -0.3 is 19.8 Å². The molecular formula is C53H55N5O14S3. The van der Waals surface area contributed by atoms with Crippen LogP contribution >= 0.6 is 0 Å². The van der Waals surface area contributed by atoms with Gasteiger partial charge in [-0.05, 0) is 87.9 Å². The van der Waals surface area contributed by atoms with Gasteiger partial charge in [-0.2, -0.15) is 13.0 Å². The van der Waals surface area contributed by atoms with E-state index in [1.807, 2.05) is 65.5 Å². The van der Waals surface area contributed by atoms with Gasteiger partial charge in [0.15, 0.2) is 0 Å². The van der Waals surface area contributed by atoms with E-state index in [4.69, 9.17) is 12.6 Å². The van der Waals surface area contributed by atoms with Crippen LogP contribution in [0.1, 0.15) is 77.7 Å². The molecule has 3 N–H and O–H groups in total. The predicted molar refractivity (Wildman–Crippen MR) is 278 cm³/mol. The number of Topliss-reactive ketones (excluding diaryl/α,β-unsaturated/α-hetero) is 1. The van der Waals surface area contributed by atoms with E-state index < -0.39 is 54.0 Å². The van der Waals surface area contributed by atoms with Gasteiger partial charge in [0, 0.05) is 95.7 Å². The Morgan fingerprint density at radius 3 is 2.07 bits per heavy atom. The van der Waals surface area contributed by atoms with Crippen molar-refractivity contribution in [3.63, 3.8) is 0 Å². The fourth-order valence-corrected chi connectivity index (χ4v) is 11.7. The van der Waals surface area contributed by atoms with Gasteiger partial charge in [-0.1, -0.05) is 61.4 Å². The molecule has 4 amide bonds. The van der Waals surface area contributed by atoms with Gasteiger partial charge in [0.05, 0.1) is 15.8 Å². The van der Waals surface area contributed by atoms with Crippen molar-refractivity contribution in [2.45, 2.75) is 88.5 Å². The van der Waals surface area contributed by atoms with Crippen molar-refractivity contribution in [1.82, 2.24) is 20.1 Å². The SMILES string of the molecule is CCNC(=O)C1(C(=O)CCCCCCC(=O)NCCN2C(=O)C=CC2=O)CC(=CC=c2c3cccc4c(S(=O)(=O)[O-])ccc(c43)n2CC)C=C(C=CC2=[N+](CC)c3ccc(S(=O)(=O)O)c4cccc2c34)C1.O=S(=O)=O. The van der Waals surface area contributed by atoms with Crippen molar-refractivity contribution in [1.29, 1.82) is 0 Å². The third-order valence-corrected chi connectivity index (χ3v) is 15.4.